The van der Waals surface area contributed by atoms with Gasteiger partial charge in [0, 0.05) is 31.2 Å². The summed E-state index contributed by atoms with van der Waals surface area (Å²) in [5.41, 5.74) is 0.903. The summed E-state index contributed by atoms with van der Waals surface area (Å²) in [4.78, 5) is 34.1. The normalized spacial score (nSPS) is 18.0. The minimum Gasteiger partial charge on any atom is -0.358 e. The van der Waals surface area contributed by atoms with Gasteiger partial charge in [0.2, 0.25) is 11.8 Å². The molecule has 1 saturated carbocycles. The predicted octanol–water partition coefficient (Wildman–Crippen LogP) is 3.78. The minimum absolute atomic E-state index is 0.104. The highest BCUT2D eigenvalue weighted by atomic mass is 32.1. The molecule has 1 aromatic heterocycles. The van der Waals surface area contributed by atoms with Gasteiger partial charge in [0.05, 0.1) is 6.54 Å². The van der Waals surface area contributed by atoms with Crippen LogP contribution in [0.2, 0.25) is 0 Å². The zero-order valence-electron chi connectivity index (χ0n) is 19.0. The Kier molecular flexibility index (Phi) is 8.44. The number of carbonyl (C=O) groups is 2. The van der Waals surface area contributed by atoms with Crippen LogP contribution in [0.4, 0.5) is 9.52 Å². The van der Waals surface area contributed by atoms with E-state index < -0.39 is 6.04 Å². The Labute approximate surface area is 208 Å². The molecule has 4 rings (SSSR count). The number of carbonyl (C=O) groups excluding carboxylic acids is 2. The molecule has 182 valence electrons. The number of thiocarbonyl (C=S) groups is 1. The fourth-order valence-corrected chi connectivity index (χ4v) is 5.43. The van der Waals surface area contributed by atoms with Gasteiger partial charge < -0.3 is 20.4 Å². The average Bonchev–Trinajstić information content (AvgIpc) is 3.36. The topological polar surface area (TPSA) is 77.6 Å². The van der Waals surface area contributed by atoms with Crippen molar-refractivity contribution >= 4 is 45.6 Å². The summed E-state index contributed by atoms with van der Waals surface area (Å²) < 4.78 is 13.1. The van der Waals surface area contributed by atoms with Crippen LogP contribution >= 0.6 is 23.6 Å². The van der Waals surface area contributed by atoms with Gasteiger partial charge in [0.25, 0.3) is 0 Å². The molecule has 2 amide bonds. The van der Waals surface area contributed by atoms with E-state index in [0.29, 0.717) is 42.2 Å². The quantitative estimate of drug-likeness (QED) is 0.560. The first-order valence-corrected chi connectivity index (χ1v) is 13.1. The number of amides is 2. The Morgan fingerprint density at radius 3 is 2.65 bits per heavy atom. The number of aromatic nitrogens is 1. The lowest BCUT2D eigenvalue weighted by Gasteiger charge is -2.40. The molecule has 1 aromatic carbocycles. The third-order valence-corrected chi connectivity index (χ3v) is 7.62. The third-order valence-electron chi connectivity index (χ3n) is 6.52. The van der Waals surface area contributed by atoms with Crippen LogP contribution in [0.25, 0.3) is 0 Å². The number of anilines is 1. The van der Waals surface area contributed by atoms with Gasteiger partial charge in [-0.05, 0) is 42.3 Å². The minimum atomic E-state index is -0.512. The summed E-state index contributed by atoms with van der Waals surface area (Å²) in [6.07, 6.45) is 8.14. The highest BCUT2D eigenvalue weighted by Gasteiger charge is 2.36. The Hall–Kier alpha value is -2.59. The molecule has 1 atom stereocenters. The van der Waals surface area contributed by atoms with Crippen LogP contribution in [0.3, 0.4) is 0 Å². The van der Waals surface area contributed by atoms with Crippen molar-refractivity contribution in [2.24, 2.45) is 5.92 Å². The van der Waals surface area contributed by atoms with Gasteiger partial charge in [0.15, 0.2) is 10.2 Å². The Morgan fingerprint density at radius 1 is 1.21 bits per heavy atom. The fraction of sp³-hybridized carbons (Fsp3) is 0.500. The first kappa shape index (κ1) is 24.5. The number of nitrogens with zero attached hydrogens (tertiary/aromatic N) is 3. The molecule has 1 saturated heterocycles. The Bertz CT molecular complexity index is 980. The molecule has 34 heavy (non-hydrogen) atoms. The number of nitrogens with one attached hydrogen (secondary N) is 2. The SMILES string of the molecule is O=C(Nc1nccs1)[C@H](CC1CCCCC1)N1CCN(C(=S)NCc2ccc(F)cc2)CC1=O. The van der Waals surface area contributed by atoms with E-state index in [1.165, 1.54) is 42.7 Å². The number of rotatable bonds is 7. The molecule has 0 unspecified atom stereocenters. The lowest BCUT2D eigenvalue weighted by molar-refractivity contribution is -0.142. The van der Waals surface area contributed by atoms with Crippen molar-refractivity contribution in [2.45, 2.75) is 51.1 Å². The molecule has 0 bridgehead atoms. The van der Waals surface area contributed by atoms with Gasteiger partial charge in [0.1, 0.15) is 11.9 Å². The number of hydrogen-bond donors (Lipinski definition) is 2. The van der Waals surface area contributed by atoms with Crippen molar-refractivity contribution in [1.29, 1.82) is 0 Å². The fourth-order valence-electron chi connectivity index (χ4n) is 4.67. The second-order valence-electron chi connectivity index (χ2n) is 8.88. The zero-order valence-corrected chi connectivity index (χ0v) is 20.7. The second kappa shape index (κ2) is 11.7. The average molecular weight is 504 g/mol. The largest absolute Gasteiger partial charge is 0.358 e. The smallest absolute Gasteiger partial charge is 0.248 e. The number of thiazole rings is 1. The first-order chi connectivity index (χ1) is 16.5. The van der Waals surface area contributed by atoms with Crippen molar-refractivity contribution < 1.29 is 14.0 Å². The molecule has 2 N–H and O–H groups in total. The van der Waals surface area contributed by atoms with Gasteiger partial charge in [-0.15, -0.1) is 11.3 Å². The molecule has 0 spiro atoms. The van der Waals surface area contributed by atoms with Crippen LogP contribution in [0.1, 0.15) is 44.1 Å². The van der Waals surface area contributed by atoms with E-state index in [4.69, 9.17) is 12.2 Å². The van der Waals surface area contributed by atoms with Crippen LogP contribution in [0, 0.1) is 11.7 Å². The van der Waals surface area contributed by atoms with Crippen molar-refractivity contribution in [2.75, 3.05) is 25.0 Å². The van der Waals surface area contributed by atoms with Gasteiger partial charge in [-0.1, -0.05) is 44.2 Å². The Morgan fingerprint density at radius 2 is 1.97 bits per heavy atom. The van der Waals surface area contributed by atoms with E-state index >= 15 is 0 Å². The molecule has 2 fully saturated rings. The lowest BCUT2D eigenvalue weighted by atomic mass is 9.84. The van der Waals surface area contributed by atoms with Crippen LogP contribution in [0.15, 0.2) is 35.8 Å². The number of benzene rings is 1. The molecule has 2 aliphatic rings. The highest BCUT2D eigenvalue weighted by molar-refractivity contribution is 7.80. The van der Waals surface area contributed by atoms with Gasteiger partial charge in [-0.2, -0.15) is 0 Å². The molecule has 7 nitrogen and oxygen atoms in total. The van der Waals surface area contributed by atoms with Gasteiger partial charge >= 0.3 is 0 Å². The van der Waals surface area contributed by atoms with Crippen molar-refractivity contribution in [3.8, 4) is 0 Å². The number of piperazine rings is 1. The molecular formula is C24H30FN5O2S2. The van der Waals surface area contributed by atoms with Gasteiger partial charge in [-0.3, -0.25) is 9.59 Å². The Balaban J connectivity index is 1.37. The lowest BCUT2D eigenvalue weighted by Crippen LogP contribution is -2.59. The summed E-state index contributed by atoms with van der Waals surface area (Å²) in [6, 6.07) is 5.70. The molecule has 0 radical (unpaired) electrons. The summed E-state index contributed by atoms with van der Waals surface area (Å²) in [7, 11) is 0. The molecule has 2 heterocycles. The highest BCUT2D eigenvalue weighted by Crippen LogP contribution is 2.30. The summed E-state index contributed by atoms with van der Waals surface area (Å²) in [5, 5.41) is 8.90. The van der Waals surface area contributed by atoms with E-state index in [1.807, 2.05) is 10.3 Å². The van der Waals surface area contributed by atoms with E-state index in [9.17, 15) is 14.0 Å². The van der Waals surface area contributed by atoms with E-state index in [1.54, 1.807) is 23.2 Å². The summed E-state index contributed by atoms with van der Waals surface area (Å²) in [6.45, 7) is 1.56. The molecular weight excluding hydrogens is 473 g/mol. The van der Waals surface area contributed by atoms with E-state index in [0.717, 1.165) is 18.4 Å². The predicted molar refractivity (Wildman–Crippen MR) is 135 cm³/mol. The maximum Gasteiger partial charge on any atom is 0.248 e. The molecule has 1 aliphatic heterocycles. The summed E-state index contributed by atoms with van der Waals surface area (Å²) >= 11 is 6.87. The summed E-state index contributed by atoms with van der Waals surface area (Å²) in [5.74, 6) is -0.105. The maximum absolute atomic E-state index is 13.2. The molecule has 10 heteroatoms. The van der Waals surface area contributed by atoms with Crippen LogP contribution < -0.4 is 10.6 Å². The molecule has 2 aromatic rings. The molecule has 1 aliphatic carbocycles. The standard InChI is InChI=1S/C24H30FN5O2S2/c25-19-8-6-18(7-9-19)15-27-24(33)29-11-12-30(21(31)16-29)20(14-17-4-2-1-3-5-17)22(32)28-23-26-10-13-34-23/h6-10,13,17,20H,1-5,11-12,14-16H2,(H,27,33)(H,26,28,32)/t20-/m0/s1. The van der Waals surface area contributed by atoms with E-state index in [2.05, 4.69) is 15.6 Å². The number of hydrogen-bond acceptors (Lipinski definition) is 5. The number of halogens is 1. The van der Waals surface area contributed by atoms with Crippen molar-refractivity contribution in [3.05, 3.63) is 47.2 Å². The third kappa shape index (κ3) is 6.50. The van der Waals surface area contributed by atoms with Crippen LogP contribution in [-0.2, 0) is 16.1 Å². The van der Waals surface area contributed by atoms with Crippen molar-refractivity contribution in [3.63, 3.8) is 0 Å². The monoisotopic (exact) mass is 503 g/mol. The second-order valence-corrected chi connectivity index (χ2v) is 10.2. The first-order valence-electron chi connectivity index (χ1n) is 11.8. The van der Waals surface area contributed by atoms with Gasteiger partial charge in [-0.25, -0.2) is 9.37 Å². The van der Waals surface area contributed by atoms with Crippen LogP contribution in [0.5, 0.6) is 0 Å². The van der Waals surface area contributed by atoms with E-state index in [-0.39, 0.29) is 24.2 Å². The maximum atomic E-state index is 13.2. The van der Waals surface area contributed by atoms with Crippen LogP contribution in [-0.4, -0.2) is 57.4 Å². The van der Waals surface area contributed by atoms with Crippen molar-refractivity contribution in [1.82, 2.24) is 20.1 Å². The zero-order chi connectivity index (χ0) is 23.9.